The van der Waals surface area contributed by atoms with Crippen molar-refractivity contribution in [3.05, 3.63) is 70.4 Å². The molecular formula is C29H33ClN4O3S. The fourth-order valence-electron chi connectivity index (χ4n) is 5.11. The molecule has 0 spiro atoms. The van der Waals surface area contributed by atoms with Crippen LogP contribution in [0.2, 0.25) is 5.02 Å². The van der Waals surface area contributed by atoms with Crippen molar-refractivity contribution in [2.75, 3.05) is 37.4 Å². The van der Waals surface area contributed by atoms with Crippen LogP contribution < -0.4 is 9.64 Å². The van der Waals surface area contributed by atoms with Gasteiger partial charge in [0.25, 0.3) is 0 Å². The van der Waals surface area contributed by atoms with Gasteiger partial charge in [-0.2, -0.15) is 5.10 Å². The number of likely N-dealkylation sites (tertiary alicyclic amines) is 1. The van der Waals surface area contributed by atoms with E-state index in [4.69, 9.17) is 21.4 Å². The molecule has 0 bridgehead atoms. The molecule has 0 saturated carbocycles. The number of methoxy groups -OCH3 is 1. The van der Waals surface area contributed by atoms with E-state index in [1.54, 1.807) is 23.8 Å². The molecule has 1 atom stereocenters. The predicted octanol–water partition coefficient (Wildman–Crippen LogP) is 5.62. The van der Waals surface area contributed by atoms with Crippen LogP contribution in [0.25, 0.3) is 5.69 Å². The molecule has 3 aromatic rings. The lowest BCUT2D eigenvalue weighted by molar-refractivity contribution is -0.130. The second kappa shape index (κ2) is 10.7. The number of hydrogen-bond donors (Lipinski definition) is 0. The first-order valence-electron chi connectivity index (χ1n) is 12.9. The van der Waals surface area contributed by atoms with Crippen molar-refractivity contribution < 1.29 is 14.3 Å². The SMILES string of the molecule is COc1ccc(-n2nc(C(C)(C)C)c3c2N(CC(=O)N2CCCC2)C(=O)CS[C@@H]3c2cccc(Cl)c2)cc1. The van der Waals surface area contributed by atoms with Crippen LogP contribution in [-0.4, -0.2) is 59.0 Å². The Morgan fingerprint density at radius 2 is 1.84 bits per heavy atom. The van der Waals surface area contributed by atoms with E-state index in [-0.39, 0.29) is 34.8 Å². The Balaban J connectivity index is 1.74. The van der Waals surface area contributed by atoms with Crippen LogP contribution in [0.15, 0.2) is 48.5 Å². The molecule has 9 heteroatoms. The number of hydrogen-bond acceptors (Lipinski definition) is 5. The molecule has 1 fully saturated rings. The summed E-state index contributed by atoms with van der Waals surface area (Å²) in [5.41, 5.74) is 3.30. The van der Waals surface area contributed by atoms with Gasteiger partial charge in [0.1, 0.15) is 18.1 Å². The summed E-state index contributed by atoms with van der Waals surface area (Å²) in [6.07, 6.45) is 1.99. The normalized spacial score (nSPS) is 17.9. The molecule has 0 aliphatic carbocycles. The Kier molecular flexibility index (Phi) is 7.47. The number of ether oxygens (including phenoxy) is 1. The zero-order valence-corrected chi connectivity index (χ0v) is 23.8. The van der Waals surface area contributed by atoms with Gasteiger partial charge in [-0.05, 0) is 54.8 Å². The minimum absolute atomic E-state index is 0.0138. The first-order valence-corrected chi connectivity index (χ1v) is 14.3. The Labute approximate surface area is 233 Å². The molecule has 2 amide bonds. The van der Waals surface area contributed by atoms with E-state index in [2.05, 4.69) is 20.8 Å². The average molecular weight is 553 g/mol. The highest BCUT2D eigenvalue weighted by molar-refractivity contribution is 8.00. The number of halogens is 1. The summed E-state index contributed by atoms with van der Waals surface area (Å²) in [5, 5.41) is 5.59. The highest BCUT2D eigenvalue weighted by Crippen LogP contribution is 2.48. The molecule has 5 rings (SSSR count). The molecule has 0 radical (unpaired) electrons. The van der Waals surface area contributed by atoms with Gasteiger partial charge in [-0.3, -0.25) is 14.5 Å². The van der Waals surface area contributed by atoms with E-state index >= 15 is 0 Å². The first-order chi connectivity index (χ1) is 18.2. The monoisotopic (exact) mass is 552 g/mol. The number of carbonyl (C=O) groups excluding carboxylic acids is 2. The first kappa shape index (κ1) is 26.6. The Morgan fingerprint density at radius 3 is 2.47 bits per heavy atom. The number of thioether (sulfide) groups is 1. The summed E-state index contributed by atoms with van der Waals surface area (Å²) in [7, 11) is 1.63. The van der Waals surface area contributed by atoms with Gasteiger partial charge < -0.3 is 9.64 Å². The van der Waals surface area contributed by atoms with E-state index in [0.29, 0.717) is 10.8 Å². The van der Waals surface area contributed by atoms with Crippen LogP contribution in [0.5, 0.6) is 5.75 Å². The predicted molar refractivity (Wildman–Crippen MR) is 153 cm³/mol. The highest BCUT2D eigenvalue weighted by atomic mass is 35.5. The summed E-state index contributed by atoms with van der Waals surface area (Å²) in [5.74, 6) is 1.47. The van der Waals surface area contributed by atoms with Crippen molar-refractivity contribution in [3.63, 3.8) is 0 Å². The van der Waals surface area contributed by atoms with Crippen molar-refractivity contribution in [2.24, 2.45) is 0 Å². The largest absolute Gasteiger partial charge is 0.497 e. The summed E-state index contributed by atoms with van der Waals surface area (Å²) < 4.78 is 7.20. The number of aromatic nitrogens is 2. The Hall–Kier alpha value is -2.97. The maximum atomic E-state index is 13.8. The molecular weight excluding hydrogens is 520 g/mol. The third-order valence-corrected chi connectivity index (χ3v) is 8.51. The van der Waals surface area contributed by atoms with E-state index in [1.807, 2.05) is 58.1 Å². The highest BCUT2D eigenvalue weighted by Gasteiger charge is 2.40. The molecule has 200 valence electrons. The second-order valence-corrected chi connectivity index (χ2v) is 12.3. The molecule has 38 heavy (non-hydrogen) atoms. The molecule has 1 saturated heterocycles. The summed E-state index contributed by atoms with van der Waals surface area (Å²) in [6, 6.07) is 15.4. The van der Waals surface area contributed by atoms with Gasteiger partial charge in [-0.25, -0.2) is 4.68 Å². The van der Waals surface area contributed by atoms with Crippen LogP contribution in [0.4, 0.5) is 5.82 Å². The van der Waals surface area contributed by atoms with Crippen LogP contribution in [-0.2, 0) is 15.0 Å². The molecule has 7 nitrogen and oxygen atoms in total. The standard InChI is InChI=1S/C29H33ClN4O3S/c1-29(2,3)27-25-26(19-8-7-9-20(30)16-19)38-18-24(36)33(17-23(35)32-14-5-6-15-32)28(25)34(31-27)21-10-12-22(37-4)13-11-21/h7-13,16,26H,5-6,14-15,17-18H2,1-4H3/t26-/m1/s1. The van der Waals surface area contributed by atoms with Gasteiger partial charge >= 0.3 is 0 Å². The number of benzene rings is 2. The van der Waals surface area contributed by atoms with Crippen molar-refractivity contribution >= 4 is 41.0 Å². The molecule has 1 aromatic heterocycles. The maximum absolute atomic E-state index is 13.8. The van der Waals surface area contributed by atoms with Gasteiger partial charge in [0.05, 0.1) is 29.5 Å². The number of fused-ring (bicyclic) bond motifs is 1. The van der Waals surface area contributed by atoms with Crippen LogP contribution in [0, 0.1) is 0 Å². The number of amides is 2. The minimum Gasteiger partial charge on any atom is -0.497 e. The van der Waals surface area contributed by atoms with Crippen LogP contribution in [0.3, 0.4) is 0 Å². The van der Waals surface area contributed by atoms with Crippen LogP contribution in [0.1, 0.15) is 55.7 Å². The van der Waals surface area contributed by atoms with Gasteiger partial charge in [-0.15, -0.1) is 11.8 Å². The summed E-state index contributed by atoms with van der Waals surface area (Å²) in [6.45, 7) is 7.83. The summed E-state index contributed by atoms with van der Waals surface area (Å²) >= 11 is 7.98. The Bertz CT molecular complexity index is 1340. The van der Waals surface area contributed by atoms with E-state index in [1.165, 1.54) is 0 Å². The third kappa shape index (κ3) is 5.16. The lowest BCUT2D eigenvalue weighted by Crippen LogP contribution is -2.43. The third-order valence-electron chi connectivity index (χ3n) is 7.02. The summed E-state index contributed by atoms with van der Waals surface area (Å²) in [4.78, 5) is 30.6. The topological polar surface area (TPSA) is 67.7 Å². The quantitative estimate of drug-likeness (QED) is 0.411. The fraction of sp³-hybridized carbons (Fsp3) is 0.414. The maximum Gasteiger partial charge on any atom is 0.242 e. The number of rotatable bonds is 5. The average Bonchev–Trinajstić information content (AvgIpc) is 3.54. The van der Waals surface area contributed by atoms with Gasteiger partial charge in [0, 0.05) is 29.1 Å². The van der Waals surface area contributed by atoms with Crippen molar-refractivity contribution in [3.8, 4) is 11.4 Å². The molecule has 3 heterocycles. The van der Waals surface area contributed by atoms with E-state index in [0.717, 1.165) is 54.2 Å². The lowest BCUT2D eigenvalue weighted by Gasteiger charge is -2.26. The van der Waals surface area contributed by atoms with Crippen molar-refractivity contribution in [1.82, 2.24) is 14.7 Å². The number of anilines is 1. The van der Waals surface area contributed by atoms with E-state index < -0.39 is 0 Å². The van der Waals surface area contributed by atoms with Gasteiger partial charge in [0.2, 0.25) is 11.8 Å². The van der Waals surface area contributed by atoms with E-state index in [9.17, 15) is 9.59 Å². The van der Waals surface area contributed by atoms with Gasteiger partial charge in [0.15, 0.2) is 0 Å². The zero-order chi connectivity index (χ0) is 27.0. The lowest BCUT2D eigenvalue weighted by atomic mass is 9.87. The molecule has 2 aliphatic heterocycles. The number of nitrogens with zero attached hydrogens (tertiary/aromatic N) is 4. The Morgan fingerprint density at radius 1 is 1.13 bits per heavy atom. The fourth-order valence-corrected chi connectivity index (χ4v) is 6.50. The van der Waals surface area contributed by atoms with Gasteiger partial charge in [-0.1, -0.05) is 44.5 Å². The minimum atomic E-state index is -0.322. The van der Waals surface area contributed by atoms with Crippen LogP contribution >= 0.6 is 23.4 Å². The molecule has 0 N–H and O–H groups in total. The molecule has 2 aromatic carbocycles. The smallest absolute Gasteiger partial charge is 0.242 e. The van der Waals surface area contributed by atoms with Crippen molar-refractivity contribution in [2.45, 2.75) is 44.3 Å². The molecule has 0 unspecified atom stereocenters. The number of carbonyl (C=O) groups is 2. The molecule has 2 aliphatic rings. The van der Waals surface area contributed by atoms with Crippen molar-refractivity contribution in [1.29, 1.82) is 0 Å². The zero-order valence-electron chi connectivity index (χ0n) is 22.2. The second-order valence-electron chi connectivity index (χ2n) is 10.8.